The third-order valence-corrected chi connectivity index (χ3v) is 6.36. The molecule has 1 aliphatic heterocycles. The van der Waals surface area contributed by atoms with Crippen LogP contribution in [0, 0.1) is 0 Å². The van der Waals surface area contributed by atoms with Crippen LogP contribution in [0.3, 0.4) is 0 Å². The van der Waals surface area contributed by atoms with Gasteiger partial charge >= 0.3 is 0 Å². The van der Waals surface area contributed by atoms with Crippen molar-refractivity contribution in [2.75, 3.05) is 72.5 Å². The van der Waals surface area contributed by atoms with E-state index in [-0.39, 0.29) is 5.78 Å². The van der Waals surface area contributed by atoms with Crippen molar-refractivity contribution in [3.05, 3.63) is 58.7 Å². The number of fused-ring (bicyclic) bond motifs is 1. The fourth-order valence-electron chi connectivity index (χ4n) is 4.41. The third-order valence-electron chi connectivity index (χ3n) is 6.36. The monoisotopic (exact) mass is 435 g/mol. The van der Waals surface area contributed by atoms with Crippen LogP contribution in [-0.2, 0) is 6.42 Å². The van der Waals surface area contributed by atoms with Gasteiger partial charge in [0.05, 0.1) is 14.2 Å². The summed E-state index contributed by atoms with van der Waals surface area (Å²) in [6.07, 6.45) is 2.62. The molecular weight excluding hydrogens is 402 g/mol. The summed E-state index contributed by atoms with van der Waals surface area (Å²) in [6.45, 7) is 6.52. The first-order valence-corrected chi connectivity index (χ1v) is 11.2. The lowest BCUT2D eigenvalue weighted by atomic mass is 10.1. The first kappa shape index (κ1) is 22.4. The number of likely N-dealkylation sites (N-methyl/N-ethyl adjacent to an activating group) is 1. The summed E-state index contributed by atoms with van der Waals surface area (Å²) in [7, 11) is 7.45. The van der Waals surface area contributed by atoms with Crippen molar-refractivity contribution in [2.45, 2.75) is 6.42 Å². The zero-order valence-corrected chi connectivity index (χ0v) is 19.6. The maximum absolute atomic E-state index is 12.9. The normalized spacial score (nSPS) is 17.8. The van der Waals surface area contributed by atoms with Crippen molar-refractivity contribution in [3.63, 3.8) is 0 Å². The fraction of sp³-hybridized carbons (Fsp3) is 0.423. The van der Waals surface area contributed by atoms with E-state index in [1.807, 2.05) is 12.1 Å². The average Bonchev–Trinajstić information content (AvgIpc) is 3.11. The van der Waals surface area contributed by atoms with Gasteiger partial charge in [-0.2, -0.15) is 0 Å². The maximum Gasteiger partial charge on any atom is 0.189 e. The number of rotatable bonds is 7. The standard InChI is InChI=1S/C26H33N3O3/c1-27(2)9-10-28-11-13-29(14-12-28)22-7-5-19(6-8-22)15-21-16-20-17-24(31-3)25(32-4)18-23(20)26(21)30/h5-8,15,17-18H,9-14,16H2,1-4H3/b21-15-. The van der Waals surface area contributed by atoms with Crippen LogP contribution in [0.25, 0.3) is 6.08 Å². The summed E-state index contributed by atoms with van der Waals surface area (Å²) < 4.78 is 10.7. The second-order valence-corrected chi connectivity index (χ2v) is 8.76. The van der Waals surface area contributed by atoms with Gasteiger partial charge in [0.25, 0.3) is 0 Å². The van der Waals surface area contributed by atoms with Crippen molar-refractivity contribution < 1.29 is 14.3 Å². The van der Waals surface area contributed by atoms with E-state index in [9.17, 15) is 4.79 Å². The summed E-state index contributed by atoms with van der Waals surface area (Å²) >= 11 is 0. The molecule has 1 saturated heterocycles. The van der Waals surface area contributed by atoms with Crippen LogP contribution in [0.15, 0.2) is 42.0 Å². The molecule has 1 heterocycles. The largest absolute Gasteiger partial charge is 0.493 e. The molecule has 1 fully saturated rings. The second kappa shape index (κ2) is 9.76. The topological polar surface area (TPSA) is 45.3 Å². The number of methoxy groups -OCH3 is 2. The van der Waals surface area contributed by atoms with Crippen LogP contribution in [0.4, 0.5) is 5.69 Å². The zero-order valence-electron chi connectivity index (χ0n) is 19.6. The Morgan fingerprint density at radius 1 is 0.969 bits per heavy atom. The van der Waals surface area contributed by atoms with Crippen molar-refractivity contribution in [1.29, 1.82) is 0 Å². The van der Waals surface area contributed by atoms with Crippen LogP contribution in [-0.4, -0.2) is 83.2 Å². The molecule has 0 bridgehead atoms. The van der Waals surface area contributed by atoms with Gasteiger partial charge in [0.1, 0.15) is 0 Å². The van der Waals surface area contributed by atoms with Gasteiger partial charge in [-0.3, -0.25) is 9.69 Å². The van der Waals surface area contributed by atoms with Gasteiger partial charge in [-0.1, -0.05) is 12.1 Å². The first-order chi connectivity index (χ1) is 15.5. The Balaban J connectivity index is 1.41. The molecule has 2 aromatic rings. The molecule has 6 heteroatoms. The lowest BCUT2D eigenvalue weighted by Crippen LogP contribution is -2.48. The van der Waals surface area contributed by atoms with E-state index in [2.05, 4.69) is 53.1 Å². The molecule has 0 saturated carbocycles. The molecular formula is C26H33N3O3. The van der Waals surface area contributed by atoms with Crippen LogP contribution in [0.1, 0.15) is 21.5 Å². The van der Waals surface area contributed by atoms with E-state index in [4.69, 9.17) is 9.47 Å². The van der Waals surface area contributed by atoms with Crippen molar-refractivity contribution >= 4 is 17.5 Å². The highest BCUT2D eigenvalue weighted by atomic mass is 16.5. The van der Waals surface area contributed by atoms with Gasteiger partial charge in [0, 0.05) is 62.5 Å². The van der Waals surface area contributed by atoms with E-state index in [0.717, 1.165) is 56.0 Å². The highest BCUT2D eigenvalue weighted by Gasteiger charge is 2.27. The maximum atomic E-state index is 12.9. The highest BCUT2D eigenvalue weighted by Crippen LogP contribution is 2.37. The Hall–Kier alpha value is -2.83. The number of nitrogens with zero attached hydrogens (tertiary/aromatic N) is 3. The number of carbonyl (C=O) groups is 1. The molecule has 170 valence electrons. The smallest absolute Gasteiger partial charge is 0.189 e. The Labute approximate surface area is 191 Å². The van der Waals surface area contributed by atoms with E-state index in [1.165, 1.54) is 5.69 Å². The summed E-state index contributed by atoms with van der Waals surface area (Å²) in [4.78, 5) is 20.1. The number of piperazine rings is 1. The number of Topliss-reactive ketones (excluding diaryl/α,β-unsaturated/α-hetero) is 1. The number of carbonyl (C=O) groups excluding carboxylic acids is 1. The predicted molar refractivity (Wildman–Crippen MR) is 129 cm³/mol. The minimum absolute atomic E-state index is 0.0684. The molecule has 32 heavy (non-hydrogen) atoms. The Bertz CT molecular complexity index is 990. The molecule has 2 aliphatic rings. The quantitative estimate of drug-likeness (QED) is 0.623. The van der Waals surface area contributed by atoms with E-state index in [0.29, 0.717) is 23.5 Å². The van der Waals surface area contributed by atoms with Crippen LogP contribution < -0.4 is 14.4 Å². The Morgan fingerprint density at radius 3 is 2.25 bits per heavy atom. The number of anilines is 1. The van der Waals surface area contributed by atoms with Crippen molar-refractivity contribution in [3.8, 4) is 11.5 Å². The lowest BCUT2D eigenvalue weighted by molar-refractivity contribution is 0.104. The first-order valence-electron chi connectivity index (χ1n) is 11.2. The zero-order chi connectivity index (χ0) is 22.7. The molecule has 0 atom stereocenters. The van der Waals surface area contributed by atoms with E-state index >= 15 is 0 Å². The summed E-state index contributed by atoms with van der Waals surface area (Å²) in [5, 5.41) is 0. The summed E-state index contributed by atoms with van der Waals surface area (Å²) in [5.41, 5.74) is 4.79. The molecule has 6 nitrogen and oxygen atoms in total. The minimum atomic E-state index is 0.0684. The molecule has 0 N–H and O–H groups in total. The average molecular weight is 436 g/mol. The van der Waals surface area contributed by atoms with Gasteiger partial charge in [0.15, 0.2) is 17.3 Å². The number of hydrogen-bond donors (Lipinski definition) is 0. The molecule has 0 spiro atoms. The molecule has 0 amide bonds. The van der Waals surface area contributed by atoms with Gasteiger partial charge < -0.3 is 19.3 Å². The summed E-state index contributed by atoms with van der Waals surface area (Å²) in [6, 6.07) is 12.3. The number of ketones is 1. The van der Waals surface area contributed by atoms with E-state index in [1.54, 1.807) is 20.3 Å². The van der Waals surface area contributed by atoms with Gasteiger partial charge in [-0.25, -0.2) is 0 Å². The molecule has 0 radical (unpaired) electrons. The molecule has 4 rings (SSSR count). The number of allylic oxidation sites excluding steroid dienone is 1. The lowest BCUT2D eigenvalue weighted by Gasteiger charge is -2.36. The van der Waals surface area contributed by atoms with Crippen molar-refractivity contribution in [2.24, 2.45) is 0 Å². The second-order valence-electron chi connectivity index (χ2n) is 8.76. The molecule has 2 aromatic carbocycles. The number of ether oxygens (including phenoxy) is 2. The van der Waals surface area contributed by atoms with Crippen LogP contribution in [0.5, 0.6) is 11.5 Å². The van der Waals surface area contributed by atoms with Gasteiger partial charge in [-0.15, -0.1) is 0 Å². The Kier molecular flexibility index (Phi) is 6.82. The minimum Gasteiger partial charge on any atom is -0.493 e. The number of hydrogen-bond acceptors (Lipinski definition) is 6. The highest BCUT2D eigenvalue weighted by molar-refractivity contribution is 6.15. The van der Waals surface area contributed by atoms with Gasteiger partial charge in [-0.05, 0) is 55.6 Å². The molecule has 0 unspecified atom stereocenters. The number of benzene rings is 2. The predicted octanol–water partition coefficient (Wildman–Crippen LogP) is 3.21. The molecule has 1 aliphatic carbocycles. The van der Waals surface area contributed by atoms with Crippen LogP contribution in [0.2, 0.25) is 0 Å². The van der Waals surface area contributed by atoms with E-state index < -0.39 is 0 Å². The summed E-state index contributed by atoms with van der Waals surface area (Å²) in [5.74, 6) is 1.32. The molecule has 0 aromatic heterocycles. The third kappa shape index (κ3) is 4.81. The fourth-order valence-corrected chi connectivity index (χ4v) is 4.41. The van der Waals surface area contributed by atoms with Crippen molar-refractivity contribution in [1.82, 2.24) is 9.80 Å². The van der Waals surface area contributed by atoms with Gasteiger partial charge in [0.2, 0.25) is 0 Å². The SMILES string of the molecule is COc1cc2c(cc1OC)C(=O)/C(=C\c1ccc(N3CCN(CCN(C)C)CC3)cc1)C2. The van der Waals surface area contributed by atoms with Crippen LogP contribution >= 0.6 is 0 Å². The Morgan fingerprint density at radius 2 is 1.62 bits per heavy atom.